The maximum absolute atomic E-state index is 12.3. The molecule has 1 rings (SSSR count). The number of aromatic nitrogens is 1. The number of hydrogen-bond acceptors (Lipinski definition) is 2. The number of pyridine rings is 1. The fourth-order valence-corrected chi connectivity index (χ4v) is 2.92. The van der Waals surface area contributed by atoms with E-state index in [1.165, 1.54) is 0 Å². The normalized spacial score (nSPS) is 14.9. The van der Waals surface area contributed by atoms with E-state index in [2.05, 4.69) is 32.2 Å². The lowest BCUT2D eigenvalue weighted by Crippen LogP contribution is -2.35. The lowest BCUT2D eigenvalue weighted by atomic mass is 10.0. The quantitative estimate of drug-likeness (QED) is 0.795. The van der Waals surface area contributed by atoms with E-state index < -0.39 is 11.0 Å². The van der Waals surface area contributed by atoms with Crippen LogP contribution in [0.15, 0.2) is 35.6 Å². The molecule has 0 saturated heterocycles. The van der Waals surface area contributed by atoms with E-state index in [9.17, 15) is 4.21 Å². The van der Waals surface area contributed by atoms with E-state index in [0.29, 0.717) is 0 Å². The molecule has 0 aliphatic rings. The highest BCUT2D eigenvalue weighted by Crippen LogP contribution is 2.27. The van der Waals surface area contributed by atoms with Crippen molar-refractivity contribution in [2.75, 3.05) is 0 Å². The second kappa shape index (κ2) is 7.31. The Morgan fingerprint density at radius 3 is 2.79 bits per heavy atom. The highest BCUT2D eigenvalue weighted by atomic mass is 79.9. The van der Waals surface area contributed by atoms with Gasteiger partial charge in [0.2, 0.25) is 0 Å². The van der Waals surface area contributed by atoms with Gasteiger partial charge in [-0.05, 0) is 61.2 Å². The summed E-state index contributed by atoms with van der Waals surface area (Å²) in [5.74, 6) is 0. The molecule has 1 N–H and O–H groups in total. The lowest BCUT2D eigenvalue weighted by molar-refractivity contribution is 0.573. The lowest BCUT2D eigenvalue weighted by Gasteiger charge is -2.25. The van der Waals surface area contributed by atoms with E-state index in [1.54, 1.807) is 12.4 Å². The van der Waals surface area contributed by atoms with Gasteiger partial charge in [0, 0.05) is 22.9 Å². The molecule has 0 aliphatic heterocycles. The molecule has 19 heavy (non-hydrogen) atoms. The Morgan fingerprint density at radius 1 is 1.58 bits per heavy atom. The Morgan fingerprint density at radius 2 is 2.26 bits per heavy atom. The minimum absolute atomic E-state index is 0.0235. The van der Waals surface area contributed by atoms with Crippen molar-refractivity contribution in [2.45, 2.75) is 44.4 Å². The van der Waals surface area contributed by atoms with E-state index in [0.717, 1.165) is 22.9 Å². The minimum atomic E-state index is -1.11. The zero-order chi connectivity index (χ0) is 14.5. The molecular weight excluding hydrogens is 324 g/mol. The Balaban J connectivity index is 2.93. The molecule has 0 aliphatic carbocycles. The standard InChI is InChI=1S/C14H21BrN2OS/c1-5-6-7-13(17-19(18)14(2,3)4)11-8-9-16-10-12(11)15/h5,8-10,13,17H,1,6-7H2,2-4H3. The number of nitrogens with one attached hydrogen (secondary N) is 1. The highest BCUT2D eigenvalue weighted by Gasteiger charge is 2.24. The molecule has 0 spiro atoms. The Hall–Kier alpha value is -0.520. The van der Waals surface area contributed by atoms with Crippen LogP contribution in [0.2, 0.25) is 0 Å². The van der Waals surface area contributed by atoms with Crippen molar-refractivity contribution >= 4 is 26.9 Å². The van der Waals surface area contributed by atoms with Crippen LogP contribution in [-0.2, 0) is 11.0 Å². The summed E-state index contributed by atoms with van der Waals surface area (Å²) in [7, 11) is -1.11. The first kappa shape index (κ1) is 16.5. The minimum Gasteiger partial charge on any atom is -0.264 e. The van der Waals surface area contributed by atoms with Crippen molar-refractivity contribution < 1.29 is 4.21 Å². The fraction of sp³-hybridized carbons (Fsp3) is 0.500. The Bertz CT molecular complexity index is 457. The van der Waals surface area contributed by atoms with Crippen LogP contribution in [0.5, 0.6) is 0 Å². The third kappa shape index (κ3) is 5.16. The average molecular weight is 345 g/mol. The van der Waals surface area contributed by atoms with Gasteiger partial charge in [0.25, 0.3) is 0 Å². The molecule has 5 heteroatoms. The van der Waals surface area contributed by atoms with Crippen LogP contribution in [-0.4, -0.2) is 13.9 Å². The van der Waals surface area contributed by atoms with E-state index in [4.69, 9.17) is 0 Å². The molecular formula is C14H21BrN2OS. The second-order valence-corrected chi connectivity index (χ2v) is 8.17. The SMILES string of the molecule is C=CCCC(NS(=O)C(C)(C)C)c1ccncc1Br. The summed E-state index contributed by atoms with van der Waals surface area (Å²) in [6.07, 6.45) is 7.12. The van der Waals surface area contributed by atoms with Crippen LogP contribution >= 0.6 is 15.9 Å². The zero-order valence-electron chi connectivity index (χ0n) is 11.6. The summed E-state index contributed by atoms with van der Waals surface area (Å²) in [5, 5.41) is 0. The third-order valence-electron chi connectivity index (χ3n) is 2.64. The van der Waals surface area contributed by atoms with Gasteiger partial charge in [0.05, 0.1) is 15.7 Å². The smallest absolute Gasteiger partial charge is 0.0975 e. The van der Waals surface area contributed by atoms with Crippen LogP contribution in [0, 0.1) is 0 Å². The molecule has 1 heterocycles. The summed E-state index contributed by atoms with van der Waals surface area (Å²) in [5.41, 5.74) is 1.08. The van der Waals surface area contributed by atoms with Gasteiger partial charge in [0.15, 0.2) is 0 Å². The number of halogens is 1. The first-order valence-electron chi connectivity index (χ1n) is 6.24. The molecule has 0 radical (unpaired) electrons. The van der Waals surface area contributed by atoms with Gasteiger partial charge < -0.3 is 0 Å². The van der Waals surface area contributed by atoms with Crippen molar-refractivity contribution in [3.05, 3.63) is 41.2 Å². The number of hydrogen-bond donors (Lipinski definition) is 1. The molecule has 0 fully saturated rings. The molecule has 1 aromatic rings. The van der Waals surface area contributed by atoms with Gasteiger partial charge in [-0.15, -0.1) is 6.58 Å². The maximum atomic E-state index is 12.3. The monoisotopic (exact) mass is 344 g/mol. The predicted octanol–water partition coefficient (Wildman–Crippen LogP) is 3.90. The first-order valence-corrected chi connectivity index (χ1v) is 8.19. The first-order chi connectivity index (χ1) is 8.86. The van der Waals surface area contributed by atoms with Crippen molar-refractivity contribution in [3.8, 4) is 0 Å². The largest absolute Gasteiger partial charge is 0.264 e. The van der Waals surface area contributed by atoms with Gasteiger partial charge >= 0.3 is 0 Å². The molecule has 2 atom stereocenters. The molecule has 0 saturated carbocycles. The van der Waals surface area contributed by atoms with Gasteiger partial charge in [-0.25, -0.2) is 8.93 Å². The molecule has 1 aromatic heterocycles. The third-order valence-corrected chi connectivity index (χ3v) is 4.92. The van der Waals surface area contributed by atoms with E-state index >= 15 is 0 Å². The maximum Gasteiger partial charge on any atom is 0.0975 e. The summed E-state index contributed by atoms with van der Waals surface area (Å²) in [6, 6.07) is 1.97. The van der Waals surface area contributed by atoms with E-state index in [1.807, 2.05) is 32.9 Å². The molecule has 0 amide bonds. The van der Waals surface area contributed by atoms with E-state index in [-0.39, 0.29) is 10.8 Å². The molecule has 3 nitrogen and oxygen atoms in total. The van der Waals surface area contributed by atoms with Gasteiger partial charge in [0.1, 0.15) is 0 Å². The summed E-state index contributed by atoms with van der Waals surface area (Å²) in [4.78, 5) is 4.06. The Labute approximate surface area is 126 Å². The van der Waals surface area contributed by atoms with Crippen molar-refractivity contribution in [3.63, 3.8) is 0 Å². The summed E-state index contributed by atoms with van der Waals surface area (Å²) >= 11 is 3.50. The Kier molecular flexibility index (Phi) is 6.36. The van der Waals surface area contributed by atoms with Crippen molar-refractivity contribution in [1.29, 1.82) is 0 Å². The van der Waals surface area contributed by atoms with Crippen LogP contribution < -0.4 is 4.72 Å². The zero-order valence-corrected chi connectivity index (χ0v) is 14.1. The summed E-state index contributed by atoms with van der Waals surface area (Å²) < 4.78 is 16.1. The molecule has 0 aromatic carbocycles. The van der Waals surface area contributed by atoms with Crippen molar-refractivity contribution in [1.82, 2.24) is 9.71 Å². The second-order valence-electron chi connectivity index (χ2n) is 5.31. The molecule has 0 bridgehead atoms. The van der Waals surface area contributed by atoms with Crippen LogP contribution in [0.3, 0.4) is 0 Å². The van der Waals surface area contributed by atoms with Gasteiger partial charge in [-0.1, -0.05) is 6.08 Å². The molecule has 106 valence electrons. The number of nitrogens with zero attached hydrogens (tertiary/aromatic N) is 1. The highest BCUT2D eigenvalue weighted by molar-refractivity contribution is 9.10. The number of allylic oxidation sites excluding steroid dienone is 1. The molecule has 2 unspecified atom stereocenters. The van der Waals surface area contributed by atoms with Crippen LogP contribution in [0.4, 0.5) is 0 Å². The van der Waals surface area contributed by atoms with Crippen LogP contribution in [0.1, 0.15) is 45.2 Å². The predicted molar refractivity (Wildman–Crippen MR) is 85.1 cm³/mol. The van der Waals surface area contributed by atoms with Crippen LogP contribution in [0.25, 0.3) is 0 Å². The summed E-state index contributed by atoms with van der Waals surface area (Å²) in [6.45, 7) is 9.63. The average Bonchev–Trinajstić information content (AvgIpc) is 2.34. The van der Waals surface area contributed by atoms with Gasteiger partial charge in [-0.3, -0.25) is 4.98 Å². The number of rotatable bonds is 6. The van der Waals surface area contributed by atoms with Crippen molar-refractivity contribution in [2.24, 2.45) is 0 Å². The fourth-order valence-electron chi connectivity index (χ4n) is 1.54. The van der Waals surface area contributed by atoms with Gasteiger partial charge in [-0.2, -0.15) is 0 Å². The topological polar surface area (TPSA) is 42.0 Å².